The highest BCUT2D eigenvalue weighted by atomic mass is 16.5. The Labute approximate surface area is 146 Å². The number of carbonyl (C=O) groups excluding carboxylic acids is 1. The zero-order chi connectivity index (χ0) is 18.0. The van der Waals surface area contributed by atoms with Gasteiger partial charge in [-0.25, -0.2) is 15.1 Å². The van der Waals surface area contributed by atoms with E-state index in [1.807, 2.05) is 18.9 Å². The van der Waals surface area contributed by atoms with Crippen LogP contribution in [0, 0.1) is 0 Å². The Morgan fingerprint density at radius 2 is 2.36 bits per heavy atom. The summed E-state index contributed by atoms with van der Waals surface area (Å²) in [5.41, 5.74) is 3.71. The fraction of sp³-hybridized carbons (Fsp3) is 0.353. The molecule has 3 rings (SSSR count). The minimum absolute atomic E-state index is 0.0764. The molecule has 1 saturated heterocycles. The van der Waals surface area contributed by atoms with Crippen molar-refractivity contribution in [2.45, 2.75) is 32.0 Å². The molecule has 2 aromatic heterocycles. The number of rotatable bonds is 6. The first kappa shape index (κ1) is 17.0. The van der Waals surface area contributed by atoms with Crippen LogP contribution in [0.4, 0.5) is 0 Å². The molecule has 0 radical (unpaired) electrons. The lowest BCUT2D eigenvalue weighted by Crippen LogP contribution is -2.78. The van der Waals surface area contributed by atoms with E-state index < -0.39 is 0 Å². The van der Waals surface area contributed by atoms with Crippen LogP contribution in [-0.4, -0.2) is 44.5 Å². The van der Waals surface area contributed by atoms with Gasteiger partial charge in [0.15, 0.2) is 5.82 Å². The van der Waals surface area contributed by atoms with Crippen molar-refractivity contribution in [1.29, 1.82) is 0 Å². The standard InChI is InChI=1S/C17H22N6O2/c1-5-23-17(2,3)16(21-23)20-15(24)8-12-10-19-22(11-12)14-9-13(25-4)6-7-18-14/h5-7,9-11,16,21H,1,8H2,2-4H3,(H,20,24). The van der Waals surface area contributed by atoms with E-state index in [1.165, 1.54) is 0 Å². The second-order valence-electron chi connectivity index (χ2n) is 6.36. The molecule has 1 atom stereocenters. The second kappa shape index (κ2) is 6.56. The third kappa shape index (κ3) is 3.34. The molecule has 8 heteroatoms. The van der Waals surface area contributed by atoms with Gasteiger partial charge in [0.2, 0.25) is 5.91 Å². The van der Waals surface area contributed by atoms with Crippen LogP contribution in [0.1, 0.15) is 19.4 Å². The number of pyridine rings is 1. The number of hydrogen-bond acceptors (Lipinski definition) is 6. The number of hydrogen-bond donors (Lipinski definition) is 2. The van der Waals surface area contributed by atoms with Gasteiger partial charge in [0.1, 0.15) is 11.9 Å². The average Bonchev–Trinajstić information content (AvgIpc) is 3.06. The van der Waals surface area contributed by atoms with Gasteiger partial charge >= 0.3 is 0 Å². The van der Waals surface area contributed by atoms with Crippen LogP contribution in [0.15, 0.2) is 43.5 Å². The van der Waals surface area contributed by atoms with E-state index in [0.29, 0.717) is 11.6 Å². The van der Waals surface area contributed by atoms with Crippen LogP contribution in [0.3, 0.4) is 0 Å². The van der Waals surface area contributed by atoms with Crippen molar-refractivity contribution in [2.24, 2.45) is 0 Å². The van der Waals surface area contributed by atoms with Crippen LogP contribution in [0.25, 0.3) is 5.82 Å². The number of aromatic nitrogens is 3. The molecule has 0 spiro atoms. The second-order valence-corrected chi connectivity index (χ2v) is 6.36. The quantitative estimate of drug-likeness (QED) is 0.815. The molecule has 25 heavy (non-hydrogen) atoms. The van der Waals surface area contributed by atoms with Crippen molar-refractivity contribution in [1.82, 2.24) is 30.5 Å². The third-order valence-corrected chi connectivity index (χ3v) is 4.27. The molecule has 0 saturated carbocycles. The summed E-state index contributed by atoms with van der Waals surface area (Å²) in [6.07, 6.45) is 6.92. The van der Waals surface area contributed by atoms with Crippen molar-refractivity contribution < 1.29 is 9.53 Å². The minimum Gasteiger partial charge on any atom is -0.497 e. The van der Waals surface area contributed by atoms with E-state index in [0.717, 1.165) is 5.56 Å². The Hall–Kier alpha value is -2.87. The summed E-state index contributed by atoms with van der Waals surface area (Å²) in [6.45, 7) is 7.79. The Balaban J connectivity index is 1.62. The van der Waals surface area contributed by atoms with Gasteiger partial charge < -0.3 is 15.1 Å². The number of nitrogens with zero attached hydrogens (tertiary/aromatic N) is 4. The predicted molar refractivity (Wildman–Crippen MR) is 92.8 cm³/mol. The van der Waals surface area contributed by atoms with Crippen molar-refractivity contribution in [3.05, 3.63) is 49.1 Å². The topological polar surface area (TPSA) is 84.3 Å². The zero-order valence-corrected chi connectivity index (χ0v) is 14.6. The van der Waals surface area contributed by atoms with Gasteiger partial charge in [-0.2, -0.15) is 5.10 Å². The number of ether oxygens (including phenoxy) is 1. The van der Waals surface area contributed by atoms with Gasteiger partial charge in [0, 0.05) is 24.7 Å². The van der Waals surface area contributed by atoms with E-state index in [9.17, 15) is 4.79 Å². The summed E-state index contributed by atoms with van der Waals surface area (Å²) in [7, 11) is 1.60. The van der Waals surface area contributed by atoms with Gasteiger partial charge in [-0.3, -0.25) is 4.79 Å². The van der Waals surface area contributed by atoms with E-state index in [1.54, 1.807) is 48.7 Å². The molecule has 8 nitrogen and oxygen atoms in total. The summed E-state index contributed by atoms with van der Waals surface area (Å²) in [6, 6.07) is 3.54. The molecule has 1 aliphatic heterocycles. The highest BCUT2D eigenvalue weighted by Gasteiger charge is 2.45. The molecule has 2 aromatic rings. The lowest BCUT2D eigenvalue weighted by Gasteiger charge is -2.55. The molecular weight excluding hydrogens is 320 g/mol. The van der Waals surface area contributed by atoms with E-state index in [2.05, 4.69) is 27.4 Å². The maximum atomic E-state index is 12.3. The fourth-order valence-corrected chi connectivity index (χ4v) is 2.66. The molecular formula is C17H22N6O2. The third-order valence-electron chi connectivity index (χ3n) is 4.27. The summed E-state index contributed by atoms with van der Waals surface area (Å²) in [4.78, 5) is 16.5. The molecule has 1 fully saturated rings. The van der Waals surface area contributed by atoms with Gasteiger partial charge in [-0.05, 0) is 25.5 Å². The normalized spacial score (nSPS) is 18.4. The Bertz CT molecular complexity index is 785. The summed E-state index contributed by atoms with van der Waals surface area (Å²) in [5, 5.41) is 9.10. The molecule has 3 heterocycles. The van der Waals surface area contributed by atoms with Gasteiger partial charge in [0.25, 0.3) is 0 Å². The zero-order valence-electron chi connectivity index (χ0n) is 14.6. The number of carbonyl (C=O) groups is 1. The van der Waals surface area contributed by atoms with Gasteiger partial charge in [-0.1, -0.05) is 6.58 Å². The molecule has 0 aliphatic carbocycles. The lowest BCUT2D eigenvalue weighted by atomic mass is 9.95. The number of methoxy groups -OCH3 is 1. The summed E-state index contributed by atoms with van der Waals surface area (Å²) in [5.74, 6) is 1.26. The predicted octanol–water partition coefficient (Wildman–Crippen LogP) is 1.00. The highest BCUT2D eigenvalue weighted by molar-refractivity contribution is 5.79. The Kier molecular flexibility index (Phi) is 4.45. The van der Waals surface area contributed by atoms with Crippen molar-refractivity contribution in [3.63, 3.8) is 0 Å². The van der Waals surface area contributed by atoms with Gasteiger partial charge in [-0.15, -0.1) is 0 Å². The number of amides is 1. The molecule has 1 unspecified atom stereocenters. The highest BCUT2D eigenvalue weighted by Crippen LogP contribution is 2.25. The Morgan fingerprint density at radius 1 is 1.56 bits per heavy atom. The fourth-order valence-electron chi connectivity index (χ4n) is 2.66. The van der Waals surface area contributed by atoms with Crippen LogP contribution in [0.5, 0.6) is 5.75 Å². The van der Waals surface area contributed by atoms with Crippen LogP contribution < -0.4 is 15.5 Å². The van der Waals surface area contributed by atoms with E-state index in [-0.39, 0.29) is 24.0 Å². The van der Waals surface area contributed by atoms with Crippen LogP contribution >= 0.6 is 0 Å². The molecule has 132 valence electrons. The van der Waals surface area contributed by atoms with Gasteiger partial charge in [0.05, 0.1) is 25.3 Å². The largest absolute Gasteiger partial charge is 0.497 e. The van der Waals surface area contributed by atoms with E-state index >= 15 is 0 Å². The number of hydrazine groups is 1. The molecule has 0 aromatic carbocycles. The van der Waals surface area contributed by atoms with Crippen molar-refractivity contribution in [3.8, 4) is 11.6 Å². The van der Waals surface area contributed by atoms with Crippen LogP contribution in [0.2, 0.25) is 0 Å². The Morgan fingerprint density at radius 3 is 3.04 bits per heavy atom. The summed E-state index contributed by atoms with van der Waals surface area (Å²) < 4.78 is 6.81. The lowest BCUT2D eigenvalue weighted by molar-refractivity contribution is -0.130. The first-order valence-electron chi connectivity index (χ1n) is 7.95. The molecule has 1 amide bonds. The van der Waals surface area contributed by atoms with Crippen molar-refractivity contribution in [2.75, 3.05) is 7.11 Å². The molecule has 2 N–H and O–H groups in total. The van der Waals surface area contributed by atoms with Crippen LogP contribution in [-0.2, 0) is 11.2 Å². The number of nitrogens with one attached hydrogen (secondary N) is 2. The van der Waals surface area contributed by atoms with Crippen molar-refractivity contribution >= 4 is 5.91 Å². The monoisotopic (exact) mass is 342 g/mol. The summed E-state index contributed by atoms with van der Waals surface area (Å²) >= 11 is 0. The minimum atomic E-state index is -0.216. The first-order valence-corrected chi connectivity index (χ1v) is 7.95. The first-order chi connectivity index (χ1) is 11.9. The molecule has 1 aliphatic rings. The SMILES string of the molecule is C=CN1NC(NC(=O)Cc2cnn(-c3cc(OC)ccn3)c2)C1(C)C. The smallest absolute Gasteiger partial charge is 0.225 e. The average molecular weight is 342 g/mol. The maximum absolute atomic E-state index is 12.3. The van der Waals surface area contributed by atoms with E-state index in [4.69, 9.17) is 4.74 Å². The molecule has 0 bridgehead atoms. The maximum Gasteiger partial charge on any atom is 0.225 e.